The van der Waals surface area contributed by atoms with Crippen molar-refractivity contribution in [3.8, 4) is 0 Å². The lowest BCUT2D eigenvalue weighted by Crippen LogP contribution is -2.28. The van der Waals surface area contributed by atoms with Gasteiger partial charge in [0.05, 0.1) is 19.8 Å². The lowest BCUT2D eigenvalue weighted by Gasteiger charge is -2.20. The van der Waals surface area contributed by atoms with Crippen molar-refractivity contribution in [1.29, 1.82) is 0 Å². The number of hydrogen-bond donors (Lipinski definition) is 2. The van der Waals surface area contributed by atoms with Gasteiger partial charge in [-0.2, -0.15) is 0 Å². The van der Waals surface area contributed by atoms with E-state index in [1.54, 1.807) is 0 Å². The zero-order valence-corrected chi connectivity index (χ0v) is 31.9. The molecule has 0 amide bonds. The van der Waals surface area contributed by atoms with Crippen LogP contribution in [0.5, 0.6) is 0 Å². The minimum absolute atomic E-state index is 0.0975. The maximum absolute atomic E-state index is 12.5. The van der Waals surface area contributed by atoms with Crippen LogP contribution in [0, 0.1) is 0 Å². The Bertz CT molecular complexity index is 833. The van der Waals surface area contributed by atoms with E-state index in [9.17, 15) is 14.3 Å². The van der Waals surface area contributed by atoms with E-state index in [2.05, 4.69) is 50.3 Å². The Kier molecular flexibility index (Phi) is 36.0. The Balaban J connectivity index is 4.09. The van der Waals surface area contributed by atoms with Crippen molar-refractivity contribution in [2.24, 2.45) is 5.73 Å². The number of rotatable bonds is 37. The van der Waals surface area contributed by atoms with Gasteiger partial charge >= 0.3 is 13.8 Å². The van der Waals surface area contributed by atoms with Crippen LogP contribution in [0.1, 0.15) is 168 Å². The molecule has 0 aliphatic rings. The van der Waals surface area contributed by atoms with Gasteiger partial charge in [-0.15, -0.1) is 0 Å². The fraction of sp³-hybridized carbons (Fsp3) is 0.821. The van der Waals surface area contributed by atoms with Crippen molar-refractivity contribution in [3.05, 3.63) is 36.5 Å². The molecule has 0 aliphatic carbocycles. The van der Waals surface area contributed by atoms with Crippen LogP contribution in [0.15, 0.2) is 36.5 Å². The van der Waals surface area contributed by atoms with E-state index in [1.807, 2.05) is 0 Å². The number of carbonyl (C=O) groups is 1. The van der Waals surface area contributed by atoms with Crippen molar-refractivity contribution in [2.75, 3.05) is 33.0 Å². The molecule has 48 heavy (non-hydrogen) atoms. The average molecular weight is 700 g/mol. The zero-order valence-electron chi connectivity index (χ0n) is 31.0. The average Bonchev–Trinajstić information content (AvgIpc) is 3.07. The van der Waals surface area contributed by atoms with E-state index in [0.717, 1.165) is 44.9 Å². The third-order valence-corrected chi connectivity index (χ3v) is 9.01. The molecular weight excluding hydrogens is 625 g/mol. The number of carbonyl (C=O) groups excluding carboxylic acids is 1. The maximum Gasteiger partial charge on any atom is 0.472 e. The van der Waals surface area contributed by atoms with Crippen molar-refractivity contribution >= 4 is 13.8 Å². The number of hydrogen-bond acceptors (Lipinski definition) is 7. The summed E-state index contributed by atoms with van der Waals surface area (Å²) in [7, 11) is -4.27. The summed E-state index contributed by atoms with van der Waals surface area (Å²) in [4.78, 5) is 22.4. The number of esters is 1. The molecule has 2 atom stereocenters. The molecule has 0 saturated carbocycles. The fourth-order valence-electron chi connectivity index (χ4n) is 5.12. The summed E-state index contributed by atoms with van der Waals surface area (Å²) in [5.41, 5.74) is 5.35. The van der Waals surface area contributed by atoms with Crippen LogP contribution < -0.4 is 5.73 Å². The molecule has 0 heterocycles. The molecule has 0 rings (SSSR count). The van der Waals surface area contributed by atoms with Crippen molar-refractivity contribution in [1.82, 2.24) is 0 Å². The Morgan fingerprint density at radius 2 is 1.12 bits per heavy atom. The van der Waals surface area contributed by atoms with E-state index in [1.165, 1.54) is 103 Å². The highest BCUT2D eigenvalue weighted by Crippen LogP contribution is 2.43. The van der Waals surface area contributed by atoms with Crippen molar-refractivity contribution in [3.63, 3.8) is 0 Å². The summed E-state index contributed by atoms with van der Waals surface area (Å²) in [5, 5.41) is 0. The number of allylic oxidation sites excluding steroid dienone is 6. The largest absolute Gasteiger partial charge is 0.472 e. The summed E-state index contributed by atoms with van der Waals surface area (Å²) in [6.45, 7) is 4.83. The van der Waals surface area contributed by atoms with Gasteiger partial charge in [0.25, 0.3) is 0 Å². The first-order valence-corrected chi connectivity index (χ1v) is 21.0. The fourth-order valence-corrected chi connectivity index (χ4v) is 5.89. The first-order chi connectivity index (χ1) is 23.4. The molecule has 0 bridgehead atoms. The number of nitrogens with two attached hydrogens (primary N) is 1. The standard InChI is InChI=1S/C39H74NO7P/c1-3-5-7-9-11-13-15-17-18-19-20-21-22-24-26-28-30-32-39(41)47-38(37-46-48(42,43)45-35-33-40)36-44-34-31-29-27-25-23-16-14-12-10-8-6-4-2/h10-13,17-18,38H,3-9,14-16,19-37,40H2,1-2H3,(H,42,43)/b12-10-,13-11-,18-17-. The molecule has 0 saturated heterocycles. The van der Waals surface area contributed by atoms with Crippen LogP contribution in [0.25, 0.3) is 0 Å². The highest BCUT2D eigenvalue weighted by molar-refractivity contribution is 7.47. The molecule has 3 N–H and O–H groups in total. The molecule has 0 aromatic carbocycles. The highest BCUT2D eigenvalue weighted by atomic mass is 31.2. The molecule has 2 unspecified atom stereocenters. The van der Waals surface area contributed by atoms with Gasteiger partial charge in [-0.1, -0.05) is 134 Å². The molecule has 0 fully saturated rings. The lowest BCUT2D eigenvalue weighted by atomic mass is 10.1. The van der Waals surface area contributed by atoms with E-state index < -0.39 is 13.9 Å². The molecule has 0 aliphatic heterocycles. The van der Waals surface area contributed by atoms with Gasteiger partial charge in [-0.25, -0.2) is 4.57 Å². The van der Waals surface area contributed by atoms with Gasteiger partial charge in [-0.3, -0.25) is 13.8 Å². The normalized spacial score (nSPS) is 14.0. The molecule has 0 spiro atoms. The van der Waals surface area contributed by atoms with Crippen molar-refractivity contribution < 1.29 is 32.8 Å². The summed E-state index contributed by atoms with van der Waals surface area (Å²) in [6.07, 6.45) is 40.1. The van der Waals surface area contributed by atoms with E-state index in [0.29, 0.717) is 13.0 Å². The Morgan fingerprint density at radius 3 is 1.71 bits per heavy atom. The van der Waals surface area contributed by atoms with Gasteiger partial charge in [0, 0.05) is 19.6 Å². The summed E-state index contributed by atoms with van der Waals surface area (Å²) in [6, 6.07) is 0. The minimum Gasteiger partial charge on any atom is -0.457 e. The third kappa shape index (κ3) is 36.0. The zero-order chi connectivity index (χ0) is 35.2. The van der Waals surface area contributed by atoms with E-state index >= 15 is 0 Å². The smallest absolute Gasteiger partial charge is 0.457 e. The lowest BCUT2D eigenvalue weighted by molar-refractivity contribution is -0.154. The Morgan fingerprint density at radius 1 is 0.625 bits per heavy atom. The first-order valence-electron chi connectivity index (χ1n) is 19.5. The second-order valence-corrected chi connectivity index (χ2v) is 14.2. The Labute approximate surface area is 295 Å². The van der Waals surface area contributed by atoms with Crippen LogP contribution in [0.4, 0.5) is 0 Å². The molecule has 0 aromatic rings. The van der Waals surface area contributed by atoms with Gasteiger partial charge in [0.1, 0.15) is 6.10 Å². The van der Waals surface area contributed by atoms with Crippen molar-refractivity contribution in [2.45, 2.75) is 174 Å². The van der Waals surface area contributed by atoms with Gasteiger partial charge in [0.2, 0.25) is 0 Å². The summed E-state index contributed by atoms with van der Waals surface area (Å²) >= 11 is 0. The first kappa shape index (κ1) is 46.7. The number of unbranched alkanes of at least 4 members (excludes halogenated alkanes) is 18. The summed E-state index contributed by atoms with van der Waals surface area (Å²) < 4.78 is 33.3. The third-order valence-electron chi connectivity index (χ3n) is 8.03. The highest BCUT2D eigenvalue weighted by Gasteiger charge is 2.25. The SMILES string of the molecule is CCCC/C=C\CCCCCCCCOCC(COP(=O)(O)OCCN)OC(=O)CCCCCCCCC/C=C\C/C=C\CCCCC. The van der Waals surface area contributed by atoms with E-state index in [4.69, 9.17) is 24.3 Å². The van der Waals surface area contributed by atoms with Gasteiger partial charge < -0.3 is 20.1 Å². The molecule has 0 aromatic heterocycles. The topological polar surface area (TPSA) is 117 Å². The molecular formula is C39H74NO7P. The second kappa shape index (κ2) is 37.0. The maximum atomic E-state index is 12.5. The monoisotopic (exact) mass is 700 g/mol. The number of phosphoric ester groups is 1. The predicted molar refractivity (Wildman–Crippen MR) is 201 cm³/mol. The minimum atomic E-state index is -4.27. The quantitative estimate of drug-likeness (QED) is 0.0285. The predicted octanol–water partition coefficient (Wildman–Crippen LogP) is 11.1. The van der Waals surface area contributed by atoms with Crippen LogP contribution in [-0.4, -0.2) is 49.9 Å². The van der Waals surface area contributed by atoms with Crippen LogP contribution >= 0.6 is 7.82 Å². The van der Waals surface area contributed by atoms with Gasteiger partial charge in [0.15, 0.2) is 0 Å². The number of phosphoric acid groups is 1. The molecule has 8 nitrogen and oxygen atoms in total. The summed E-state index contributed by atoms with van der Waals surface area (Å²) in [5.74, 6) is -0.342. The van der Waals surface area contributed by atoms with E-state index in [-0.39, 0.29) is 32.3 Å². The molecule has 0 radical (unpaired) electrons. The van der Waals surface area contributed by atoms with Crippen LogP contribution in [0.2, 0.25) is 0 Å². The molecule has 282 valence electrons. The molecule has 9 heteroatoms. The Hall–Kier alpha value is -1.28. The van der Waals surface area contributed by atoms with Crippen LogP contribution in [-0.2, 0) is 27.9 Å². The van der Waals surface area contributed by atoms with Gasteiger partial charge in [-0.05, 0) is 64.2 Å². The van der Waals surface area contributed by atoms with Crippen LogP contribution in [0.3, 0.4) is 0 Å². The number of ether oxygens (including phenoxy) is 2. The second-order valence-electron chi connectivity index (χ2n) is 12.8.